The molecule has 1 N–H and O–H groups in total. The average molecular weight is 224 g/mol. The van der Waals surface area contributed by atoms with E-state index < -0.39 is 0 Å². The molecule has 0 amide bonds. The Morgan fingerprint density at radius 3 is 2.56 bits per heavy atom. The second-order valence-electron chi connectivity index (χ2n) is 5.15. The molecule has 0 bridgehead atoms. The first kappa shape index (κ1) is 13.7. The summed E-state index contributed by atoms with van der Waals surface area (Å²) in [5.74, 6) is 0. The van der Waals surface area contributed by atoms with Gasteiger partial charge in [-0.2, -0.15) is 0 Å². The lowest BCUT2D eigenvalue weighted by molar-refractivity contribution is 0.205. The molecule has 1 rings (SSSR count). The third kappa shape index (κ3) is 5.13. The molecule has 0 spiro atoms. The molecule has 0 aromatic carbocycles. The van der Waals surface area contributed by atoms with Crippen molar-refractivity contribution in [1.82, 2.24) is 10.2 Å². The zero-order valence-corrected chi connectivity index (χ0v) is 11.3. The van der Waals surface area contributed by atoms with Crippen LogP contribution in [0.3, 0.4) is 0 Å². The molecule has 0 aromatic rings. The van der Waals surface area contributed by atoms with E-state index in [1.807, 2.05) is 0 Å². The minimum absolute atomic E-state index is 0.687. The third-order valence-corrected chi connectivity index (χ3v) is 3.24. The minimum Gasteiger partial charge on any atom is -0.312 e. The van der Waals surface area contributed by atoms with Gasteiger partial charge in [0.15, 0.2) is 0 Å². The largest absolute Gasteiger partial charge is 0.312 e. The maximum absolute atomic E-state index is 4.03. The summed E-state index contributed by atoms with van der Waals surface area (Å²) in [6.07, 6.45) is 5.32. The normalized spacial score (nSPS) is 17.8. The third-order valence-electron chi connectivity index (χ3n) is 3.24. The number of nitrogens with one attached hydrogen (secondary N) is 1. The molecule has 1 aliphatic rings. The molecule has 2 nitrogen and oxygen atoms in total. The van der Waals surface area contributed by atoms with Crippen molar-refractivity contribution < 1.29 is 0 Å². The molecule has 94 valence electrons. The van der Waals surface area contributed by atoms with E-state index >= 15 is 0 Å². The Morgan fingerprint density at radius 2 is 2.12 bits per heavy atom. The topological polar surface area (TPSA) is 15.3 Å². The van der Waals surface area contributed by atoms with Crippen molar-refractivity contribution in [2.75, 3.05) is 19.6 Å². The molecule has 2 heteroatoms. The Morgan fingerprint density at radius 1 is 1.44 bits per heavy atom. The summed E-state index contributed by atoms with van der Waals surface area (Å²) >= 11 is 0. The van der Waals surface area contributed by atoms with Crippen molar-refractivity contribution in [3.8, 4) is 0 Å². The van der Waals surface area contributed by atoms with Crippen molar-refractivity contribution in [2.24, 2.45) is 0 Å². The number of hydrogen-bond donors (Lipinski definition) is 1. The summed E-state index contributed by atoms with van der Waals surface area (Å²) in [5.41, 5.74) is 1.27. The highest BCUT2D eigenvalue weighted by molar-refractivity contribution is 4.94. The van der Waals surface area contributed by atoms with Gasteiger partial charge >= 0.3 is 0 Å². The Bertz CT molecular complexity index is 209. The first-order valence-electron chi connectivity index (χ1n) is 6.79. The van der Waals surface area contributed by atoms with Crippen LogP contribution in [-0.2, 0) is 0 Å². The van der Waals surface area contributed by atoms with E-state index in [1.54, 1.807) is 0 Å². The second kappa shape index (κ2) is 7.08. The maximum atomic E-state index is 4.03. The summed E-state index contributed by atoms with van der Waals surface area (Å²) in [6.45, 7) is 14.0. The molecule has 1 aliphatic carbocycles. The van der Waals surface area contributed by atoms with Crippen molar-refractivity contribution in [3.05, 3.63) is 12.2 Å². The fourth-order valence-electron chi connectivity index (χ4n) is 2.18. The molecule has 0 aromatic heterocycles. The molecule has 0 saturated heterocycles. The van der Waals surface area contributed by atoms with Crippen LogP contribution in [0.25, 0.3) is 0 Å². The maximum Gasteiger partial charge on any atom is 0.0223 e. The van der Waals surface area contributed by atoms with Gasteiger partial charge in [-0.3, -0.25) is 4.90 Å². The highest BCUT2D eigenvalue weighted by atomic mass is 15.2. The number of nitrogens with zero attached hydrogens (tertiary/aromatic N) is 1. The van der Waals surface area contributed by atoms with Gasteiger partial charge in [0.05, 0.1) is 0 Å². The first-order chi connectivity index (χ1) is 7.67. The van der Waals surface area contributed by atoms with Crippen LogP contribution in [0.5, 0.6) is 0 Å². The molecular weight excluding hydrogens is 196 g/mol. The van der Waals surface area contributed by atoms with E-state index in [1.165, 1.54) is 31.3 Å². The molecule has 0 heterocycles. The Labute approximate surface area is 101 Å². The van der Waals surface area contributed by atoms with Crippen LogP contribution in [0.2, 0.25) is 0 Å². The van der Waals surface area contributed by atoms with Gasteiger partial charge in [-0.1, -0.05) is 32.4 Å². The Kier molecular flexibility index (Phi) is 6.07. The van der Waals surface area contributed by atoms with Crippen molar-refractivity contribution in [2.45, 2.75) is 58.5 Å². The van der Waals surface area contributed by atoms with Crippen molar-refractivity contribution in [3.63, 3.8) is 0 Å². The summed E-state index contributed by atoms with van der Waals surface area (Å²) in [5, 5.41) is 3.66. The van der Waals surface area contributed by atoms with Gasteiger partial charge in [0.25, 0.3) is 0 Å². The smallest absolute Gasteiger partial charge is 0.0223 e. The van der Waals surface area contributed by atoms with Gasteiger partial charge in [0.2, 0.25) is 0 Å². The van der Waals surface area contributed by atoms with Crippen LogP contribution in [0.4, 0.5) is 0 Å². The molecule has 0 aliphatic heterocycles. The summed E-state index contributed by atoms with van der Waals surface area (Å²) in [6, 6.07) is 1.51. The van der Waals surface area contributed by atoms with E-state index in [0.717, 1.165) is 25.7 Å². The molecule has 1 atom stereocenters. The molecule has 1 fully saturated rings. The highest BCUT2D eigenvalue weighted by Crippen LogP contribution is 2.19. The summed E-state index contributed by atoms with van der Waals surface area (Å²) in [4.78, 5) is 2.56. The first-order valence-corrected chi connectivity index (χ1v) is 6.79. The van der Waals surface area contributed by atoms with Crippen LogP contribution in [0.1, 0.15) is 46.5 Å². The van der Waals surface area contributed by atoms with Gasteiger partial charge in [0, 0.05) is 25.2 Å². The van der Waals surface area contributed by atoms with Gasteiger partial charge in [-0.25, -0.2) is 0 Å². The average Bonchev–Trinajstić information content (AvgIpc) is 3.04. The molecule has 1 saturated carbocycles. The summed E-state index contributed by atoms with van der Waals surface area (Å²) < 4.78 is 0. The van der Waals surface area contributed by atoms with Crippen molar-refractivity contribution in [1.29, 1.82) is 0 Å². The van der Waals surface area contributed by atoms with E-state index in [-0.39, 0.29) is 0 Å². The standard InChI is InChI=1S/C14H28N2/c1-5-7-14(10-15-13-8-9-13)16(6-2)11-12(3)4/h13-15H,3,5-11H2,1-2,4H3. The monoisotopic (exact) mass is 224 g/mol. The minimum atomic E-state index is 0.687. The number of hydrogen-bond acceptors (Lipinski definition) is 2. The Hall–Kier alpha value is -0.340. The molecule has 1 unspecified atom stereocenters. The number of rotatable bonds is 9. The summed E-state index contributed by atoms with van der Waals surface area (Å²) in [7, 11) is 0. The predicted octanol–water partition coefficient (Wildman–Crippen LogP) is 2.81. The van der Waals surface area contributed by atoms with Gasteiger partial charge < -0.3 is 5.32 Å². The van der Waals surface area contributed by atoms with Gasteiger partial charge in [-0.15, -0.1) is 0 Å². The number of likely N-dealkylation sites (N-methyl/N-ethyl adjacent to an activating group) is 1. The molecular formula is C14H28N2. The molecule has 16 heavy (non-hydrogen) atoms. The second-order valence-corrected chi connectivity index (χ2v) is 5.15. The van der Waals surface area contributed by atoms with E-state index in [9.17, 15) is 0 Å². The SMILES string of the molecule is C=C(C)CN(CC)C(CCC)CNC1CC1. The van der Waals surface area contributed by atoms with Crippen LogP contribution in [0.15, 0.2) is 12.2 Å². The Balaban J connectivity index is 2.38. The van der Waals surface area contributed by atoms with E-state index in [2.05, 4.69) is 37.6 Å². The van der Waals surface area contributed by atoms with Crippen LogP contribution in [0, 0.1) is 0 Å². The van der Waals surface area contributed by atoms with Crippen LogP contribution < -0.4 is 5.32 Å². The van der Waals surface area contributed by atoms with Crippen molar-refractivity contribution >= 4 is 0 Å². The predicted molar refractivity (Wildman–Crippen MR) is 71.8 cm³/mol. The zero-order valence-electron chi connectivity index (χ0n) is 11.3. The fourth-order valence-corrected chi connectivity index (χ4v) is 2.18. The highest BCUT2D eigenvalue weighted by Gasteiger charge is 2.23. The quantitative estimate of drug-likeness (QED) is 0.606. The lowest BCUT2D eigenvalue weighted by Crippen LogP contribution is -2.43. The van der Waals surface area contributed by atoms with E-state index in [4.69, 9.17) is 0 Å². The van der Waals surface area contributed by atoms with Gasteiger partial charge in [-0.05, 0) is 32.7 Å². The lowest BCUT2D eigenvalue weighted by Gasteiger charge is -2.31. The van der Waals surface area contributed by atoms with E-state index in [0.29, 0.717) is 6.04 Å². The van der Waals surface area contributed by atoms with Gasteiger partial charge in [0.1, 0.15) is 0 Å². The zero-order chi connectivity index (χ0) is 12.0. The van der Waals surface area contributed by atoms with Crippen LogP contribution >= 0.6 is 0 Å². The van der Waals surface area contributed by atoms with Crippen LogP contribution in [-0.4, -0.2) is 36.6 Å². The fraction of sp³-hybridized carbons (Fsp3) is 0.857. The molecule has 0 radical (unpaired) electrons. The lowest BCUT2D eigenvalue weighted by atomic mass is 10.1.